The van der Waals surface area contributed by atoms with E-state index in [1.54, 1.807) is 7.11 Å². The van der Waals surface area contributed by atoms with Gasteiger partial charge < -0.3 is 10.5 Å². The topological polar surface area (TPSA) is 52.3 Å². The molecule has 1 aromatic carbocycles. The molecule has 0 bridgehead atoms. The molecule has 1 atom stereocenters. The van der Waals surface area contributed by atoms with Crippen LogP contribution in [0.4, 0.5) is 0 Å². The second-order valence-corrected chi connectivity index (χ2v) is 3.33. The molecule has 76 valence electrons. The Hall–Kier alpha value is -1.35. The molecule has 3 nitrogen and oxygen atoms in total. The third kappa shape index (κ3) is 2.12. The van der Waals surface area contributed by atoms with Gasteiger partial charge in [-0.1, -0.05) is 17.7 Å². The van der Waals surface area contributed by atoms with Crippen LogP contribution in [0.15, 0.2) is 18.2 Å². The van der Waals surface area contributed by atoms with Crippen LogP contribution in [0.1, 0.15) is 24.1 Å². The van der Waals surface area contributed by atoms with Crippen LogP contribution in [0.2, 0.25) is 0 Å². The van der Waals surface area contributed by atoms with Crippen molar-refractivity contribution in [3.63, 3.8) is 0 Å². The molecule has 0 saturated heterocycles. The lowest BCUT2D eigenvalue weighted by atomic mass is 10.0. The van der Waals surface area contributed by atoms with Crippen LogP contribution < -0.4 is 10.5 Å². The summed E-state index contributed by atoms with van der Waals surface area (Å²) in [6.07, 6.45) is 0. The molecule has 0 heterocycles. The number of carbonyl (C=O) groups is 1. The molecule has 0 spiro atoms. The minimum atomic E-state index is -0.593. The van der Waals surface area contributed by atoms with Crippen LogP contribution in [0.5, 0.6) is 5.75 Å². The number of methoxy groups -OCH3 is 1. The third-order valence-electron chi connectivity index (χ3n) is 2.16. The summed E-state index contributed by atoms with van der Waals surface area (Å²) in [6.45, 7) is 3.43. The average Bonchev–Trinajstić information content (AvgIpc) is 2.16. The fourth-order valence-electron chi connectivity index (χ4n) is 1.32. The molecule has 1 unspecified atom stereocenters. The smallest absolute Gasteiger partial charge is 0.151 e. The zero-order chi connectivity index (χ0) is 10.7. The zero-order valence-electron chi connectivity index (χ0n) is 8.70. The minimum Gasteiger partial charge on any atom is -0.496 e. The van der Waals surface area contributed by atoms with Crippen molar-refractivity contribution in [2.24, 2.45) is 5.73 Å². The molecule has 1 aromatic rings. The summed E-state index contributed by atoms with van der Waals surface area (Å²) in [6, 6.07) is 5.04. The number of ketones is 1. The number of aryl methyl sites for hydroxylation is 1. The lowest BCUT2D eigenvalue weighted by Gasteiger charge is -2.13. The molecule has 0 aliphatic carbocycles. The second-order valence-electron chi connectivity index (χ2n) is 3.33. The first kappa shape index (κ1) is 10.7. The van der Waals surface area contributed by atoms with Gasteiger partial charge in [-0.3, -0.25) is 4.79 Å². The van der Waals surface area contributed by atoms with Gasteiger partial charge in [-0.25, -0.2) is 0 Å². The fraction of sp³-hybridized carbons (Fsp3) is 0.364. The summed E-state index contributed by atoms with van der Waals surface area (Å²) in [4.78, 5) is 11.1. The molecule has 3 heteroatoms. The molecule has 0 fully saturated rings. The van der Waals surface area contributed by atoms with Gasteiger partial charge in [-0.15, -0.1) is 0 Å². The van der Waals surface area contributed by atoms with Crippen molar-refractivity contribution in [1.29, 1.82) is 0 Å². The number of hydrogen-bond donors (Lipinski definition) is 1. The average molecular weight is 193 g/mol. The monoisotopic (exact) mass is 193 g/mol. The molecular formula is C11H15NO2. The van der Waals surface area contributed by atoms with Crippen LogP contribution in [-0.4, -0.2) is 12.9 Å². The summed E-state index contributed by atoms with van der Waals surface area (Å²) >= 11 is 0. The van der Waals surface area contributed by atoms with Crippen LogP contribution in [0, 0.1) is 6.92 Å². The Morgan fingerprint density at radius 3 is 2.64 bits per heavy atom. The molecular weight excluding hydrogens is 178 g/mol. The number of Topliss-reactive ketones (excluding diaryl/α,β-unsaturated/α-hetero) is 1. The van der Waals surface area contributed by atoms with E-state index in [9.17, 15) is 4.79 Å². The molecule has 14 heavy (non-hydrogen) atoms. The fourth-order valence-corrected chi connectivity index (χ4v) is 1.32. The van der Waals surface area contributed by atoms with Gasteiger partial charge >= 0.3 is 0 Å². The lowest BCUT2D eigenvalue weighted by molar-refractivity contribution is -0.118. The second kappa shape index (κ2) is 4.24. The van der Waals surface area contributed by atoms with Gasteiger partial charge in [-0.2, -0.15) is 0 Å². The van der Waals surface area contributed by atoms with E-state index < -0.39 is 6.04 Å². The van der Waals surface area contributed by atoms with Crippen LogP contribution >= 0.6 is 0 Å². The molecule has 2 N–H and O–H groups in total. The van der Waals surface area contributed by atoms with Crippen LogP contribution in [0.3, 0.4) is 0 Å². The summed E-state index contributed by atoms with van der Waals surface area (Å²) in [5.74, 6) is 0.604. The predicted molar refractivity (Wildman–Crippen MR) is 55.3 cm³/mol. The van der Waals surface area contributed by atoms with Crippen LogP contribution in [0.25, 0.3) is 0 Å². The van der Waals surface area contributed by atoms with Crippen molar-refractivity contribution in [1.82, 2.24) is 0 Å². The van der Waals surface area contributed by atoms with Crippen molar-refractivity contribution in [3.8, 4) is 5.75 Å². The highest BCUT2D eigenvalue weighted by Crippen LogP contribution is 2.25. The Kier molecular flexibility index (Phi) is 3.25. The predicted octanol–water partition coefficient (Wildman–Crippen LogP) is 1.59. The first-order valence-electron chi connectivity index (χ1n) is 4.47. The first-order valence-corrected chi connectivity index (χ1v) is 4.47. The molecule has 0 amide bonds. The molecule has 0 radical (unpaired) electrons. The van der Waals surface area contributed by atoms with Crippen molar-refractivity contribution < 1.29 is 9.53 Å². The summed E-state index contributed by atoms with van der Waals surface area (Å²) in [7, 11) is 1.57. The van der Waals surface area contributed by atoms with Gasteiger partial charge in [0.05, 0.1) is 13.2 Å². The summed E-state index contributed by atoms with van der Waals surface area (Å²) < 4.78 is 5.14. The summed E-state index contributed by atoms with van der Waals surface area (Å²) in [5, 5.41) is 0. The lowest BCUT2D eigenvalue weighted by Crippen LogP contribution is -2.19. The van der Waals surface area contributed by atoms with Gasteiger partial charge in [0.2, 0.25) is 0 Å². The van der Waals surface area contributed by atoms with E-state index in [0.29, 0.717) is 5.75 Å². The molecule has 0 saturated carbocycles. The van der Waals surface area contributed by atoms with E-state index in [4.69, 9.17) is 10.5 Å². The van der Waals surface area contributed by atoms with Gasteiger partial charge in [0.1, 0.15) is 5.75 Å². The highest BCUT2D eigenvalue weighted by Gasteiger charge is 2.15. The van der Waals surface area contributed by atoms with Crippen molar-refractivity contribution in [3.05, 3.63) is 29.3 Å². The molecule has 1 rings (SSSR count). The summed E-state index contributed by atoms with van der Waals surface area (Å²) in [5.41, 5.74) is 7.57. The van der Waals surface area contributed by atoms with E-state index in [0.717, 1.165) is 11.1 Å². The van der Waals surface area contributed by atoms with Gasteiger partial charge in [-0.05, 0) is 19.9 Å². The van der Waals surface area contributed by atoms with E-state index in [1.165, 1.54) is 6.92 Å². The quantitative estimate of drug-likeness (QED) is 0.793. The minimum absolute atomic E-state index is 0.0612. The number of benzene rings is 1. The van der Waals surface area contributed by atoms with E-state index in [2.05, 4.69) is 0 Å². The van der Waals surface area contributed by atoms with E-state index >= 15 is 0 Å². The highest BCUT2D eigenvalue weighted by molar-refractivity contribution is 5.83. The van der Waals surface area contributed by atoms with E-state index in [-0.39, 0.29) is 5.78 Å². The molecule has 0 aliphatic heterocycles. The largest absolute Gasteiger partial charge is 0.496 e. The Labute approximate surface area is 83.9 Å². The maximum Gasteiger partial charge on any atom is 0.151 e. The Bertz CT molecular complexity index is 347. The Morgan fingerprint density at radius 1 is 1.50 bits per heavy atom. The molecule has 0 aliphatic rings. The normalized spacial score (nSPS) is 12.3. The Morgan fingerprint density at radius 2 is 2.14 bits per heavy atom. The van der Waals surface area contributed by atoms with E-state index in [1.807, 2.05) is 25.1 Å². The zero-order valence-corrected chi connectivity index (χ0v) is 8.70. The number of hydrogen-bond acceptors (Lipinski definition) is 3. The number of nitrogens with two attached hydrogens (primary N) is 1. The number of ether oxygens (including phenoxy) is 1. The third-order valence-corrected chi connectivity index (χ3v) is 2.16. The van der Waals surface area contributed by atoms with Gasteiger partial charge in [0.25, 0.3) is 0 Å². The highest BCUT2D eigenvalue weighted by atomic mass is 16.5. The SMILES string of the molecule is COc1ccc(C)cc1C(N)C(C)=O. The van der Waals surface area contributed by atoms with Gasteiger partial charge in [0.15, 0.2) is 5.78 Å². The van der Waals surface area contributed by atoms with Crippen molar-refractivity contribution in [2.45, 2.75) is 19.9 Å². The van der Waals surface area contributed by atoms with Crippen molar-refractivity contribution in [2.75, 3.05) is 7.11 Å². The van der Waals surface area contributed by atoms with Crippen molar-refractivity contribution >= 4 is 5.78 Å². The maximum atomic E-state index is 11.1. The standard InChI is InChI=1S/C11H15NO2/c1-7-4-5-10(14-3)9(6-7)11(12)8(2)13/h4-6,11H,12H2,1-3H3. The van der Waals surface area contributed by atoms with Gasteiger partial charge in [0, 0.05) is 5.56 Å². The maximum absolute atomic E-state index is 11.1. The number of carbonyl (C=O) groups excluding carboxylic acids is 1. The first-order chi connectivity index (χ1) is 6.56. The Balaban J connectivity index is 3.16. The van der Waals surface area contributed by atoms with Crippen LogP contribution in [-0.2, 0) is 4.79 Å². The number of rotatable bonds is 3. The molecule has 0 aromatic heterocycles.